The first kappa shape index (κ1) is 12.6. The summed E-state index contributed by atoms with van der Waals surface area (Å²) in [7, 11) is 1.46. The number of hydrogen-bond donors (Lipinski definition) is 2. The number of thiophene rings is 1. The minimum Gasteiger partial charge on any atom is -0.489 e. The van der Waals surface area contributed by atoms with Crippen LogP contribution in [0.15, 0.2) is 28.6 Å². The number of ether oxygens (including phenoxy) is 1. The van der Waals surface area contributed by atoms with Crippen LogP contribution in [0.2, 0.25) is 0 Å². The van der Waals surface area contributed by atoms with Gasteiger partial charge < -0.3 is 15.0 Å². The number of rotatable bonds is 5. The molecule has 0 aromatic carbocycles. The van der Waals surface area contributed by atoms with Crippen LogP contribution in [-0.4, -0.2) is 17.1 Å². The first-order valence-corrected chi connectivity index (χ1v) is 6.55. The Morgan fingerprint density at radius 2 is 2.44 bits per heavy atom. The van der Waals surface area contributed by atoms with Crippen molar-refractivity contribution in [3.63, 3.8) is 0 Å². The molecule has 1 unspecified atom stereocenters. The number of nitrogens with zero attached hydrogens (tertiary/aromatic N) is 1. The Balaban J connectivity index is 2.28. The van der Waals surface area contributed by atoms with E-state index in [0.29, 0.717) is 5.82 Å². The summed E-state index contributed by atoms with van der Waals surface area (Å²) in [5.74, 6) is 0.689. The first-order valence-electron chi connectivity index (χ1n) is 5.67. The maximum Gasteiger partial charge on any atom is 0.295 e. The van der Waals surface area contributed by atoms with Gasteiger partial charge in [0.1, 0.15) is 0 Å². The van der Waals surface area contributed by atoms with Crippen LogP contribution in [0.5, 0.6) is 5.75 Å². The number of anilines is 1. The van der Waals surface area contributed by atoms with E-state index in [1.165, 1.54) is 18.3 Å². The Morgan fingerprint density at radius 3 is 3.06 bits per heavy atom. The number of nitrogens with one attached hydrogen (secondary N) is 2. The number of methoxy groups -OCH3 is 1. The summed E-state index contributed by atoms with van der Waals surface area (Å²) >= 11 is 1.68. The molecule has 1 atom stereocenters. The molecule has 0 radical (unpaired) electrons. The number of hydrogen-bond acceptors (Lipinski definition) is 5. The SMILES string of the molecule is CCC(Nc1nc[nH]c(=O)c1OC)c1cccs1. The smallest absolute Gasteiger partial charge is 0.295 e. The van der Waals surface area contributed by atoms with Crippen LogP contribution in [-0.2, 0) is 0 Å². The topological polar surface area (TPSA) is 67.0 Å². The molecule has 2 N–H and O–H groups in total. The highest BCUT2D eigenvalue weighted by Crippen LogP contribution is 2.27. The Kier molecular flexibility index (Phi) is 3.99. The minimum atomic E-state index is -0.281. The van der Waals surface area contributed by atoms with E-state index in [9.17, 15) is 4.79 Å². The summed E-state index contributed by atoms with van der Waals surface area (Å²) in [5, 5.41) is 5.28. The minimum absolute atomic E-state index is 0.133. The second-order valence-electron chi connectivity index (χ2n) is 3.73. The Bertz CT molecular complexity index is 551. The molecule has 0 amide bonds. The van der Waals surface area contributed by atoms with Gasteiger partial charge in [-0.15, -0.1) is 11.3 Å². The van der Waals surface area contributed by atoms with Gasteiger partial charge in [0.05, 0.1) is 19.5 Å². The molecule has 0 saturated heterocycles. The van der Waals surface area contributed by atoms with E-state index in [1.807, 2.05) is 11.4 Å². The lowest BCUT2D eigenvalue weighted by molar-refractivity contribution is 0.407. The summed E-state index contributed by atoms with van der Waals surface area (Å²) in [6.45, 7) is 2.08. The van der Waals surface area contributed by atoms with Crippen molar-refractivity contribution in [2.75, 3.05) is 12.4 Å². The third-order valence-electron chi connectivity index (χ3n) is 2.62. The van der Waals surface area contributed by atoms with E-state index < -0.39 is 0 Å². The van der Waals surface area contributed by atoms with Crippen molar-refractivity contribution in [3.8, 4) is 5.75 Å². The molecule has 2 heterocycles. The number of aromatic nitrogens is 2. The summed E-state index contributed by atoms with van der Waals surface area (Å²) in [4.78, 5) is 19.4. The van der Waals surface area contributed by atoms with Crippen LogP contribution in [0.25, 0.3) is 0 Å². The molecular weight excluding hydrogens is 250 g/mol. The molecule has 2 aromatic heterocycles. The van der Waals surface area contributed by atoms with Gasteiger partial charge >= 0.3 is 0 Å². The van der Waals surface area contributed by atoms with Crippen LogP contribution in [0.3, 0.4) is 0 Å². The van der Waals surface area contributed by atoms with Gasteiger partial charge in [-0.05, 0) is 17.9 Å². The quantitative estimate of drug-likeness (QED) is 0.871. The van der Waals surface area contributed by atoms with Gasteiger partial charge in [0.2, 0.25) is 5.75 Å². The molecule has 0 fully saturated rings. The molecule has 0 aliphatic heterocycles. The lowest BCUT2D eigenvalue weighted by Crippen LogP contribution is -2.16. The summed E-state index contributed by atoms with van der Waals surface area (Å²) < 4.78 is 5.07. The molecule has 0 spiro atoms. The average Bonchev–Trinajstić information content (AvgIpc) is 2.89. The van der Waals surface area contributed by atoms with Gasteiger partial charge in [-0.25, -0.2) is 4.98 Å². The summed E-state index contributed by atoms with van der Waals surface area (Å²) in [5.41, 5.74) is -0.281. The third-order valence-corrected chi connectivity index (χ3v) is 3.61. The lowest BCUT2D eigenvalue weighted by Gasteiger charge is -2.17. The maximum atomic E-state index is 11.6. The summed E-state index contributed by atoms with van der Waals surface area (Å²) in [6.07, 6.45) is 2.27. The Labute approximate surface area is 109 Å². The zero-order valence-electron chi connectivity index (χ0n) is 10.3. The summed E-state index contributed by atoms with van der Waals surface area (Å²) in [6, 6.07) is 4.20. The van der Waals surface area contributed by atoms with Crippen molar-refractivity contribution in [2.45, 2.75) is 19.4 Å². The Morgan fingerprint density at radius 1 is 1.61 bits per heavy atom. The molecule has 96 valence electrons. The van der Waals surface area contributed by atoms with Crippen LogP contribution >= 0.6 is 11.3 Å². The fraction of sp³-hybridized carbons (Fsp3) is 0.333. The van der Waals surface area contributed by atoms with Gasteiger partial charge in [-0.2, -0.15) is 0 Å². The van der Waals surface area contributed by atoms with Gasteiger partial charge in [0.15, 0.2) is 5.82 Å². The average molecular weight is 265 g/mol. The molecule has 18 heavy (non-hydrogen) atoms. The van der Waals surface area contributed by atoms with E-state index >= 15 is 0 Å². The monoisotopic (exact) mass is 265 g/mol. The van der Waals surface area contributed by atoms with Gasteiger partial charge in [-0.1, -0.05) is 13.0 Å². The normalized spacial score (nSPS) is 12.1. The fourth-order valence-electron chi connectivity index (χ4n) is 1.71. The predicted molar refractivity (Wildman–Crippen MR) is 72.4 cm³/mol. The molecule has 0 aliphatic carbocycles. The molecule has 2 rings (SSSR count). The highest BCUT2D eigenvalue weighted by Gasteiger charge is 2.15. The number of aromatic amines is 1. The van der Waals surface area contributed by atoms with Crippen LogP contribution in [0.4, 0.5) is 5.82 Å². The van der Waals surface area contributed by atoms with E-state index in [4.69, 9.17) is 4.74 Å². The van der Waals surface area contributed by atoms with Crippen LogP contribution in [0, 0.1) is 0 Å². The standard InChI is InChI=1S/C12H15N3O2S/c1-3-8(9-5-4-6-18-9)15-11-10(17-2)12(16)14-7-13-11/h4-8H,3H2,1-2H3,(H2,13,14,15,16). The molecule has 0 saturated carbocycles. The van der Waals surface area contributed by atoms with Crippen molar-refractivity contribution in [2.24, 2.45) is 0 Å². The molecule has 6 heteroatoms. The molecular formula is C12H15N3O2S. The molecule has 0 bridgehead atoms. The van der Waals surface area contributed by atoms with Crippen molar-refractivity contribution in [3.05, 3.63) is 39.1 Å². The molecule has 2 aromatic rings. The fourth-order valence-corrected chi connectivity index (χ4v) is 2.57. The highest BCUT2D eigenvalue weighted by molar-refractivity contribution is 7.10. The zero-order valence-corrected chi connectivity index (χ0v) is 11.1. The van der Waals surface area contributed by atoms with Crippen molar-refractivity contribution in [1.82, 2.24) is 9.97 Å². The number of H-pyrrole nitrogens is 1. The van der Waals surface area contributed by atoms with E-state index in [0.717, 1.165) is 6.42 Å². The zero-order chi connectivity index (χ0) is 13.0. The largest absolute Gasteiger partial charge is 0.489 e. The van der Waals surface area contributed by atoms with Gasteiger partial charge in [0, 0.05) is 4.88 Å². The second-order valence-corrected chi connectivity index (χ2v) is 4.71. The first-order chi connectivity index (χ1) is 8.76. The molecule has 0 aliphatic rings. The third kappa shape index (κ3) is 2.53. The Hall–Kier alpha value is -1.82. The van der Waals surface area contributed by atoms with Crippen LogP contribution in [0.1, 0.15) is 24.3 Å². The van der Waals surface area contributed by atoms with Crippen LogP contribution < -0.4 is 15.6 Å². The van der Waals surface area contributed by atoms with Gasteiger partial charge in [-0.3, -0.25) is 4.79 Å². The van der Waals surface area contributed by atoms with E-state index in [2.05, 4.69) is 28.3 Å². The van der Waals surface area contributed by atoms with Crippen molar-refractivity contribution in [1.29, 1.82) is 0 Å². The predicted octanol–water partition coefficient (Wildman–Crippen LogP) is 2.40. The van der Waals surface area contributed by atoms with E-state index in [1.54, 1.807) is 11.3 Å². The maximum absolute atomic E-state index is 11.6. The van der Waals surface area contributed by atoms with E-state index in [-0.39, 0.29) is 17.4 Å². The van der Waals surface area contributed by atoms with Crippen molar-refractivity contribution >= 4 is 17.2 Å². The van der Waals surface area contributed by atoms with Crippen molar-refractivity contribution < 1.29 is 4.74 Å². The molecule has 5 nitrogen and oxygen atoms in total. The van der Waals surface area contributed by atoms with Gasteiger partial charge in [0.25, 0.3) is 5.56 Å². The lowest BCUT2D eigenvalue weighted by atomic mass is 10.2. The second kappa shape index (κ2) is 5.68. The highest BCUT2D eigenvalue weighted by atomic mass is 32.1.